The Labute approximate surface area is 123 Å². The first-order valence-electron chi connectivity index (χ1n) is 6.54. The van der Waals surface area contributed by atoms with Crippen LogP contribution in [0, 0.1) is 5.82 Å². The minimum absolute atomic E-state index is 0.183. The van der Waals surface area contributed by atoms with Gasteiger partial charge in [0, 0.05) is 25.0 Å². The fraction of sp³-hybridized carbons (Fsp3) is 0.500. The van der Waals surface area contributed by atoms with Crippen LogP contribution in [0.4, 0.5) is 9.18 Å². The highest BCUT2D eigenvalue weighted by Crippen LogP contribution is 2.18. The normalized spacial score (nSPS) is 12.0. The number of benzene rings is 1. The van der Waals surface area contributed by atoms with Crippen molar-refractivity contribution in [1.29, 1.82) is 0 Å². The molecule has 1 rings (SSSR count). The molecule has 0 saturated heterocycles. The molecule has 0 bridgehead atoms. The number of likely N-dealkylation sites (N-methyl/N-ethyl adjacent to an activating group) is 1. The molecule has 1 atom stereocenters. The number of rotatable bonds is 7. The lowest BCUT2D eigenvalue weighted by molar-refractivity contribution is 0.144. The summed E-state index contributed by atoms with van der Waals surface area (Å²) in [5.74, 6) is 0.620. The molecule has 6 heteroatoms. The van der Waals surface area contributed by atoms with Crippen molar-refractivity contribution in [3.8, 4) is 0 Å². The van der Waals surface area contributed by atoms with Crippen LogP contribution in [0.2, 0.25) is 0 Å². The van der Waals surface area contributed by atoms with Crippen molar-refractivity contribution in [3.05, 3.63) is 30.1 Å². The van der Waals surface area contributed by atoms with Gasteiger partial charge in [0.05, 0.1) is 6.10 Å². The number of aliphatic hydroxyl groups excluding tert-OH is 1. The Morgan fingerprint density at radius 2 is 2.10 bits per heavy atom. The maximum Gasteiger partial charge on any atom is 0.317 e. The van der Waals surface area contributed by atoms with Gasteiger partial charge in [0.25, 0.3) is 0 Å². The zero-order valence-corrected chi connectivity index (χ0v) is 12.6. The third kappa shape index (κ3) is 6.77. The van der Waals surface area contributed by atoms with E-state index < -0.39 is 6.10 Å². The highest BCUT2D eigenvalue weighted by atomic mass is 32.2. The van der Waals surface area contributed by atoms with Crippen molar-refractivity contribution in [3.63, 3.8) is 0 Å². The predicted molar refractivity (Wildman–Crippen MR) is 79.5 cm³/mol. The Hall–Kier alpha value is -1.27. The molecule has 1 aromatic carbocycles. The lowest BCUT2D eigenvalue weighted by Gasteiger charge is -2.19. The Morgan fingerprint density at radius 1 is 1.45 bits per heavy atom. The lowest BCUT2D eigenvalue weighted by Crippen LogP contribution is -2.41. The summed E-state index contributed by atoms with van der Waals surface area (Å²) in [7, 11) is 1.65. The van der Waals surface area contributed by atoms with Gasteiger partial charge in [-0.15, -0.1) is 11.8 Å². The highest BCUT2D eigenvalue weighted by Gasteiger charge is 2.09. The molecule has 2 amide bonds. The first kappa shape index (κ1) is 16.8. The molecule has 0 radical (unpaired) electrons. The second-order valence-electron chi connectivity index (χ2n) is 4.62. The molecule has 0 fully saturated rings. The van der Waals surface area contributed by atoms with Crippen LogP contribution in [0.3, 0.4) is 0 Å². The summed E-state index contributed by atoms with van der Waals surface area (Å²) in [5, 5.41) is 12.0. The molecule has 1 unspecified atom stereocenters. The smallest absolute Gasteiger partial charge is 0.317 e. The van der Waals surface area contributed by atoms with E-state index in [0.717, 1.165) is 17.1 Å². The van der Waals surface area contributed by atoms with Gasteiger partial charge >= 0.3 is 6.03 Å². The topological polar surface area (TPSA) is 52.6 Å². The summed E-state index contributed by atoms with van der Waals surface area (Å²) in [5.41, 5.74) is 0. The number of thioether (sulfide) groups is 1. The zero-order valence-electron chi connectivity index (χ0n) is 11.8. The molecule has 0 spiro atoms. The number of nitrogens with one attached hydrogen (secondary N) is 1. The number of hydrogen-bond donors (Lipinski definition) is 2. The Balaban J connectivity index is 2.12. The molecule has 112 valence electrons. The van der Waals surface area contributed by atoms with Crippen molar-refractivity contribution < 1.29 is 14.3 Å². The number of nitrogens with zero attached hydrogens (tertiary/aromatic N) is 1. The van der Waals surface area contributed by atoms with E-state index in [9.17, 15) is 14.3 Å². The maximum absolute atomic E-state index is 12.7. The van der Waals surface area contributed by atoms with Crippen molar-refractivity contribution in [2.75, 3.05) is 25.9 Å². The van der Waals surface area contributed by atoms with E-state index in [-0.39, 0.29) is 11.8 Å². The monoisotopic (exact) mass is 300 g/mol. The van der Waals surface area contributed by atoms with Crippen molar-refractivity contribution in [1.82, 2.24) is 10.2 Å². The van der Waals surface area contributed by atoms with E-state index >= 15 is 0 Å². The van der Waals surface area contributed by atoms with Gasteiger partial charge in [0.2, 0.25) is 0 Å². The van der Waals surface area contributed by atoms with E-state index in [2.05, 4.69) is 5.32 Å². The van der Waals surface area contributed by atoms with Gasteiger partial charge in [-0.1, -0.05) is 0 Å². The average Bonchev–Trinajstić information content (AvgIpc) is 2.39. The Bertz CT molecular complexity index is 412. The number of aliphatic hydroxyl groups is 1. The van der Waals surface area contributed by atoms with E-state index in [1.165, 1.54) is 17.0 Å². The molecular formula is C14H21FN2O2S. The quantitative estimate of drug-likeness (QED) is 0.600. The molecule has 0 aliphatic rings. The van der Waals surface area contributed by atoms with E-state index in [1.54, 1.807) is 37.9 Å². The van der Waals surface area contributed by atoms with Crippen LogP contribution in [0.1, 0.15) is 13.3 Å². The van der Waals surface area contributed by atoms with Crippen LogP contribution < -0.4 is 5.32 Å². The predicted octanol–water partition coefficient (Wildman–Crippen LogP) is 2.33. The second kappa shape index (κ2) is 8.81. The lowest BCUT2D eigenvalue weighted by atomic mass is 10.4. The first-order valence-corrected chi connectivity index (χ1v) is 7.53. The Morgan fingerprint density at radius 3 is 2.70 bits per heavy atom. The summed E-state index contributed by atoms with van der Waals surface area (Å²) < 4.78 is 12.7. The van der Waals surface area contributed by atoms with Gasteiger partial charge in [-0.2, -0.15) is 0 Å². The fourth-order valence-corrected chi connectivity index (χ4v) is 2.46. The molecule has 0 heterocycles. The minimum atomic E-state index is -0.528. The molecule has 0 aliphatic carbocycles. The maximum atomic E-state index is 12.7. The number of urea groups is 1. The van der Waals surface area contributed by atoms with Gasteiger partial charge in [-0.25, -0.2) is 9.18 Å². The molecule has 1 aromatic rings. The van der Waals surface area contributed by atoms with E-state index in [1.807, 2.05) is 0 Å². The SMILES string of the molecule is CC(O)CN(C)C(=O)NCCCSc1ccc(F)cc1. The third-order valence-corrected chi connectivity index (χ3v) is 3.66. The van der Waals surface area contributed by atoms with E-state index in [4.69, 9.17) is 0 Å². The number of carbonyl (C=O) groups is 1. The fourth-order valence-electron chi connectivity index (χ4n) is 1.60. The largest absolute Gasteiger partial charge is 0.392 e. The molecule has 0 aliphatic heterocycles. The summed E-state index contributed by atoms with van der Waals surface area (Å²) in [4.78, 5) is 14.1. The minimum Gasteiger partial charge on any atom is -0.392 e. The molecule has 4 nitrogen and oxygen atoms in total. The molecule has 20 heavy (non-hydrogen) atoms. The van der Waals surface area contributed by atoms with Crippen molar-refractivity contribution in [2.45, 2.75) is 24.3 Å². The van der Waals surface area contributed by atoms with Crippen LogP contribution in [-0.2, 0) is 0 Å². The van der Waals surface area contributed by atoms with Crippen LogP contribution in [0.15, 0.2) is 29.2 Å². The van der Waals surface area contributed by atoms with Crippen molar-refractivity contribution >= 4 is 17.8 Å². The average molecular weight is 300 g/mol. The number of halogens is 1. The standard InChI is InChI=1S/C14H21FN2O2S/c1-11(18)10-17(2)14(19)16-8-3-9-20-13-6-4-12(15)5-7-13/h4-7,11,18H,3,8-10H2,1-2H3,(H,16,19). The molecular weight excluding hydrogens is 279 g/mol. The number of hydrogen-bond acceptors (Lipinski definition) is 3. The van der Waals surface area contributed by atoms with Gasteiger partial charge in [0.1, 0.15) is 5.82 Å². The first-order chi connectivity index (χ1) is 9.49. The summed E-state index contributed by atoms with van der Waals surface area (Å²) >= 11 is 1.63. The number of amides is 2. The zero-order chi connectivity index (χ0) is 15.0. The number of carbonyl (C=O) groups excluding carboxylic acids is 1. The van der Waals surface area contributed by atoms with Crippen LogP contribution in [0.25, 0.3) is 0 Å². The van der Waals surface area contributed by atoms with Crippen LogP contribution >= 0.6 is 11.8 Å². The van der Waals surface area contributed by atoms with E-state index in [0.29, 0.717) is 13.1 Å². The van der Waals surface area contributed by atoms with Gasteiger partial charge in [0.15, 0.2) is 0 Å². The summed E-state index contributed by atoms with van der Waals surface area (Å²) in [6.07, 6.45) is 0.302. The van der Waals surface area contributed by atoms with Gasteiger partial charge < -0.3 is 15.3 Å². The highest BCUT2D eigenvalue weighted by molar-refractivity contribution is 7.99. The van der Waals surface area contributed by atoms with Crippen LogP contribution in [-0.4, -0.2) is 48.0 Å². The van der Waals surface area contributed by atoms with Gasteiger partial charge in [-0.05, 0) is 43.4 Å². The second-order valence-corrected chi connectivity index (χ2v) is 5.79. The summed E-state index contributed by atoms with van der Waals surface area (Å²) in [6.45, 7) is 2.54. The summed E-state index contributed by atoms with van der Waals surface area (Å²) in [6, 6.07) is 6.19. The molecule has 0 aromatic heterocycles. The molecule has 2 N–H and O–H groups in total. The van der Waals surface area contributed by atoms with Crippen molar-refractivity contribution in [2.24, 2.45) is 0 Å². The third-order valence-electron chi connectivity index (χ3n) is 2.56. The van der Waals surface area contributed by atoms with Crippen LogP contribution in [0.5, 0.6) is 0 Å². The molecule has 0 saturated carbocycles. The van der Waals surface area contributed by atoms with Gasteiger partial charge in [-0.3, -0.25) is 0 Å². The Kier molecular flexibility index (Phi) is 7.40.